The number of benzene rings is 2. The Morgan fingerprint density at radius 2 is 1.86 bits per heavy atom. The summed E-state index contributed by atoms with van der Waals surface area (Å²) in [6, 6.07) is 15.5. The van der Waals surface area contributed by atoms with E-state index >= 15 is 0 Å². The molecule has 21 heavy (non-hydrogen) atoms. The Morgan fingerprint density at radius 1 is 1.19 bits per heavy atom. The van der Waals surface area contributed by atoms with Crippen molar-refractivity contribution in [2.45, 2.75) is 19.4 Å². The number of rotatable bonds is 5. The van der Waals surface area contributed by atoms with Crippen LogP contribution in [0.1, 0.15) is 24.1 Å². The first kappa shape index (κ1) is 15.6. The molecule has 1 unspecified atom stereocenters. The zero-order valence-electron chi connectivity index (χ0n) is 12.1. The Hall–Kier alpha value is -1.81. The lowest BCUT2D eigenvalue weighted by atomic mass is 10.1. The van der Waals surface area contributed by atoms with Crippen molar-refractivity contribution in [3.8, 4) is 5.75 Å². The summed E-state index contributed by atoms with van der Waals surface area (Å²) < 4.78 is 6.29. The maximum atomic E-state index is 12.2. The van der Waals surface area contributed by atoms with E-state index in [2.05, 4.69) is 21.2 Å². The molecule has 0 aliphatic rings. The Bertz CT molecular complexity index is 610. The summed E-state index contributed by atoms with van der Waals surface area (Å²) in [7, 11) is 1.61. The van der Waals surface area contributed by atoms with Crippen molar-refractivity contribution in [1.29, 1.82) is 0 Å². The van der Waals surface area contributed by atoms with Gasteiger partial charge in [-0.05, 0) is 30.7 Å². The predicted octanol–water partition coefficient (Wildman–Crippen LogP) is 3.88. The predicted molar refractivity (Wildman–Crippen MR) is 87.4 cm³/mol. The molecule has 0 spiro atoms. The summed E-state index contributed by atoms with van der Waals surface area (Å²) in [6.07, 6.45) is 0.310. The zero-order chi connectivity index (χ0) is 15.2. The molecule has 0 saturated heterocycles. The van der Waals surface area contributed by atoms with Gasteiger partial charge in [0.2, 0.25) is 5.91 Å². The van der Waals surface area contributed by atoms with Crippen molar-refractivity contribution in [2.24, 2.45) is 0 Å². The molecule has 0 aromatic heterocycles. The number of amides is 1. The van der Waals surface area contributed by atoms with Crippen molar-refractivity contribution >= 4 is 21.8 Å². The lowest BCUT2D eigenvalue weighted by Crippen LogP contribution is -2.28. The van der Waals surface area contributed by atoms with Crippen molar-refractivity contribution in [3.05, 3.63) is 64.1 Å². The second-order valence-electron chi connectivity index (χ2n) is 4.83. The Kier molecular flexibility index (Phi) is 5.39. The molecule has 2 aromatic rings. The molecule has 0 fully saturated rings. The molecule has 0 aliphatic heterocycles. The molecule has 0 heterocycles. The Morgan fingerprint density at radius 3 is 2.52 bits per heavy atom. The zero-order valence-corrected chi connectivity index (χ0v) is 13.7. The third-order valence-corrected chi connectivity index (χ3v) is 3.82. The van der Waals surface area contributed by atoms with E-state index in [1.165, 1.54) is 0 Å². The molecule has 1 atom stereocenters. The number of hydrogen-bond acceptors (Lipinski definition) is 2. The van der Waals surface area contributed by atoms with Gasteiger partial charge in [-0.3, -0.25) is 4.79 Å². The van der Waals surface area contributed by atoms with Crippen LogP contribution < -0.4 is 10.1 Å². The molecular weight excluding hydrogens is 330 g/mol. The molecule has 1 N–H and O–H groups in total. The van der Waals surface area contributed by atoms with Gasteiger partial charge in [0.25, 0.3) is 0 Å². The van der Waals surface area contributed by atoms with E-state index in [-0.39, 0.29) is 11.9 Å². The molecule has 0 bridgehead atoms. The van der Waals surface area contributed by atoms with Crippen molar-refractivity contribution in [2.75, 3.05) is 7.11 Å². The van der Waals surface area contributed by atoms with Crippen LogP contribution in [0.3, 0.4) is 0 Å². The Labute approximate surface area is 133 Å². The number of carbonyl (C=O) groups excluding carboxylic acids is 1. The minimum atomic E-state index is -0.0275. The van der Waals surface area contributed by atoms with Crippen LogP contribution in [-0.4, -0.2) is 13.0 Å². The SMILES string of the molecule is COc1ccccc1CC(=O)NC(C)c1ccc(Br)cc1. The quantitative estimate of drug-likeness (QED) is 0.891. The minimum absolute atomic E-state index is 0.0186. The average Bonchev–Trinajstić information content (AvgIpc) is 2.48. The summed E-state index contributed by atoms with van der Waals surface area (Å²) in [4.78, 5) is 12.2. The fourth-order valence-electron chi connectivity index (χ4n) is 2.15. The summed E-state index contributed by atoms with van der Waals surface area (Å²) in [5, 5.41) is 3.01. The second kappa shape index (κ2) is 7.27. The first-order valence-electron chi connectivity index (χ1n) is 6.77. The summed E-state index contributed by atoms with van der Waals surface area (Å²) in [5.74, 6) is 0.721. The number of para-hydroxylation sites is 1. The number of halogens is 1. The monoisotopic (exact) mass is 347 g/mol. The van der Waals surface area contributed by atoms with Crippen LogP contribution in [0.5, 0.6) is 5.75 Å². The van der Waals surface area contributed by atoms with Gasteiger partial charge < -0.3 is 10.1 Å². The van der Waals surface area contributed by atoms with Crippen LogP contribution >= 0.6 is 15.9 Å². The van der Waals surface area contributed by atoms with Gasteiger partial charge in [0.05, 0.1) is 19.6 Å². The van der Waals surface area contributed by atoms with E-state index in [0.29, 0.717) is 6.42 Å². The van der Waals surface area contributed by atoms with E-state index in [9.17, 15) is 4.79 Å². The maximum absolute atomic E-state index is 12.2. The van der Waals surface area contributed by atoms with Crippen molar-refractivity contribution in [1.82, 2.24) is 5.32 Å². The average molecular weight is 348 g/mol. The van der Waals surface area contributed by atoms with Crippen LogP contribution in [0, 0.1) is 0 Å². The first-order chi connectivity index (χ1) is 10.1. The fourth-order valence-corrected chi connectivity index (χ4v) is 2.41. The number of methoxy groups -OCH3 is 1. The van der Waals surface area contributed by atoms with Gasteiger partial charge in [-0.1, -0.05) is 46.3 Å². The van der Waals surface area contributed by atoms with Gasteiger partial charge >= 0.3 is 0 Å². The minimum Gasteiger partial charge on any atom is -0.496 e. The lowest BCUT2D eigenvalue weighted by molar-refractivity contribution is -0.121. The summed E-state index contributed by atoms with van der Waals surface area (Å²) >= 11 is 3.40. The van der Waals surface area contributed by atoms with Crippen LogP contribution in [0.4, 0.5) is 0 Å². The highest BCUT2D eigenvalue weighted by Gasteiger charge is 2.12. The lowest BCUT2D eigenvalue weighted by Gasteiger charge is -2.15. The molecule has 110 valence electrons. The van der Waals surface area contributed by atoms with Crippen LogP contribution in [-0.2, 0) is 11.2 Å². The van der Waals surface area contributed by atoms with E-state index in [4.69, 9.17) is 4.74 Å². The second-order valence-corrected chi connectivity index (χ2v) is 5.75. The molecule has 1 amide bonds. The van der Waals surface area contributed by atoms with Crippen molar-refractivity contribution in [3.63, 3.8) is 0 Å². The molecule has 0 aliphatic carbocycles. The summed E-state index contributed by atoms with van der Waals surface area (Å²) in [6.45, 7) is 1.98. The molecule has 3 nitrogen and oxygen atoms in total. The highest BCUT2D eigenvalue weighted by Crippen LogP contribution is 2.19. The van der Waals surface area contributed by atoms with Gasteiger partial charge in [0.15, 0.2) is 0 Å². The van der Waals surface area contributed by atoms with E-state index < -0.39 is 0 Å². The standard InChI is InChI=1S/C17H18BrNO2/c1-12(13-7-9-15(18)10-8-13)19-17(20)11-14-5-3-4-6-16(14)21-2/h3-10,12H,11H2,1-2H3,(H,19,20). The van der Waals surface area contributed by atoms with Gasteiger partial charge in [-0.15, -0.1) is 0 Å². The van der Waals surface area contributed by atoms with Crippen molar-refractivity contribution < 1.29 is 9.53 Å². The fraction of sp³-hybridized carbons (Fsp3) is 0.235. The molecular formula is C17H18BrNO2. The van der Waals surface area contributed by atoms with Crippen LogP contribution in [0.2, 0.25) is 0 Å². The highest BCUT2D eigenvalue weighted by atomic mass is 79.9. The normalized spacial score (nSPS) is 11.8. The first-order valence-corrected chi connectivity index (χ1v) is 7.56. The molecule has 0 saturated carbocycles. The smallest absolute Gasteiger partial charge is 0.225 e. The highest BCUT2D eigenvalue weighted by molar-refractivity contribution is 9.10. The Balaban J connectivity index is 1.99. The van der Waals surface area contributed by atoms with Gasteiger partial charge in [0, 0.05) is 10.0 Å². The molecule has 2 aromatic carbocycles. The number of hydrogen-bond donors (Lipinski definition) is 1. The maximum Gasteiger partial charge on any atom is 0.225 e. The van der Waals surface area contributed by atoms with Crippen LogP contribution in [0.15, 0.2) is 53.0 Å². The largest absolute Gasteiger partial charge is 0.496 e. The number of nitrogens with one attached hydrogen (secondary N) is 1. The van der Waals surface area contributed by atoms with Gasteiger partial charge in [0.1, 0.15) is 5.75 Å². The third kappa shape index (κ3) is 4.33. The molecule has 0 radical (unpaired) electrons. The third-order valence-electron chi connectivity index (χ3n) is 3.29. The number of ether oxygens (including phenoxy) is 1. The van der Waals surface area contributed by atoms with E-state index in [1.807, 2.05) is 55.5 Å². The summed E-state index contributed by atoms with van der Waals surface area (Å²) in [5.41, 5.74) is 1.96. The van der Waals surface area contributed by atoms with E-state index in [0.717, 1.165) is 21.3 Å². The molecule has 4 heteroatoms. The van der Waals surface area contributed by atoms with Gasteiger partial charge in [-0.25, -0.2) is 0 Å². The van der Waals surface area contributed by atoms with E-state index in [1.54, 1.807) is 7.11 Å². The number of carbonyl (C=O) groups is 1. The van der Waals surface area contributed by atoms with Crippen LogP contribution in [0.25, 0.3) is 0 Å². The topological polar surface area (TPSA) is 38.3 Å². The van der Waals surface area contributed by atoms with Gasteiger partial charge in [-0.2, -0.15) is 0 Å². The molecule has 2 rings (SSSR count).